The molecule has 0 N–H and O–H groups in total. The lowest BCUT2D eigenvalue weighted by Gasteiger charge is -2.11. The summed E-state index contributed by atoms with van der Waals surface area (Å²) in [6.45, 7) is 0. The summed E-state index contributed by atoms with van der Waals surface area (Å²) in [7, 11) is 0. The van der Waals surface area contributed by atoms with Gasteiger partial charge in [0.25, 0.3) is 0 Å². The molecule has 57 heavy (non-hydrogen) atoms. The number of nitrogens with zero attached hydrogens (tertiary/aromatic N) is 3. The van der Waals surface area contributed by atoms with E-state index in [1.807, 2.05) is 18.2 Å². The minimum atomic E-state index is 0.595. The van der Waals surface area contributed by atoms with Crippen molar-refractivity contribution in [2.45, 2.75) is 0 Å². The molecule has 2 heterocycles. The number of fused-ring (bicyclic) bond motifs is 7. The van der Waals surface area contributed by atoms with Crippen molar-refractivity contribution in [1.82, 2.24) is 15.0 Å². The van der Waals surface area contributed by atoms with Crippen molar-refractivity contribution in [2.75, 3.05) is 0 Å². The van der Waals surface area contributed by atoms with E-state index in [1.165, 1.54) is 38.4 Å². The Balaban J connectivity index is 1.05. The molecule has 0 saturated heterocycles. The van der Waals surface area contributed by atoms with Gasteiger partial charge in [-0.25, -0.2) is 15.0 Å². The molecule has 9 aromatic carbocycles. The van der Waals surface area contributed by atoms with E-state index >= 15 is 0 Å². The molecule has 4 nitrogen and oxygen atoms in total. The summed E-state index contributed by atoms with van der Waals surface area (Å²) in [5, 5.41) is 6.81. The molecule has 0 spiro atoms. The van der Waals surface area contributed by atoms with Crippen molar-refractivity contribution in [3.63, 3.8) is 0 Å². The monoisotopic (exact) mass is 725 g/mol. The Bertz CT molecular complexity index is 3370. The van der Waals surface area contributed by atoms with Gasteiger partial charge in [0, 0.05) is 33.0 Å². The maximum Gasteiger partial charge on any atom is 0.164 e. The predicted octanol–water partition coefficient (Wildman–Crippen LogP) is 14.1. The molecule has 0 aliphatic heterocycles. The molecule has 12 rings (SSSR count). The van der Waals surface area contributed by atoms with E-state index in [4.69, 9.17) is 19.4 Å². The fraction of sp³-hybridized carbons (Fsp3) is 0. The predicted molar refractivity (Wildman–Crippen MR) is 234 cm³/mol. The summed E-state index contributed by atoms with van der Waals surface area (Å²) in [5.41, 5.74) is 14.0. The van der Waals surface area contributed by atoms with Crippen LogP contribution in [0.15, 0.2) is 192 Å². The van der Waals surface area contributed by atoms with E-state index in [0.717, 1.165) is 66.3 Å². The molecular weight excluding hydrogens is 695 g/mol. The molecule has 0 amide bonds. The van der Waals surface area contributed by atoms with Crippen LogP contribution in [0.2, 0.25) is 0 Å². The Morgan fingerprint density at radius 2 is 0.860 bits per heavy atom. The van der Waals surface area contributed by atoms with Gasteiger partial charge in [0.1, 0.15) is 11.2 Å². The molecule has 11 aromatic rings. The van der Waals surface area contributed by atoms with Crippen LogP contribution >= 0.6 is 0 Å². The van der Waals surface area contributed by atoms with Crippen LogP contribution in [0.5, 0.6) is 0 Å². The van der Waals surface area contributed by atoms with Crippen LogP contribution in [-0.2, 0) is 0 Å². The zero-order valence-corrected chi connectivity index (χ0v) is 30.6. The van der Waals surface area contributed by atoms with Crippen molar-refractivity contribution in [1.29, 1.82) is 0 Å². The van der Waals surface area contributed by atoms with E-state index in [9.17, 15) is 0 Å². The van der Waals surface area contributed by atoms with E-state index in [2.05, 4.69) is 170 Å². The van der Waals surface area contributed by atoms with Crippen molar-refractivity contribution >= 4 is 43.5 Å². The molecule has 4 heteroatoms. The minimum absolute atomic E-state index is 0.595. The van der Waals surface area contributed by atoms with E-state index < -0.39 is 0 Å². The SMILES string of the molecule is c1ccc(-c2ccc(-c3nc(-c4ccc5ccccc5c4)nc(-c4cccc5oc6c(-c7ccc8c9c(cccc79)-c7ccccc7-8)cccc6c45)n3)cc2)cc1. The molecule has 0 unspecified atom stereocenters. The second-order valence-corrected chi connectivity index (χ2v) is 14.7. The van der Waals surface area contributed by atoms with Gasteiger partial charge in [0.15, 0.2) is 17.5 Å². The van der Waals surface area contributed by atoms with Crippen LogP contribution in [0.4, 0.5) is 0 Å². The smallest absolute Gasteiger partial charge is 0.164 e. The van der Waals surface area contributed by atoms with Crippen molar-refractivity contribution in [3.8, 4) is 78.7 Å². The van der Waals surface area contributed by atoms with Crippen LogP contribution in [-0.4, -0.2) is 15.0 Å². The van der Waals surface area contributed by atoms with Crippen molar-refractivity contribution in [2.24, 2.45) is 0 Å². The maximum atomic E-state index is 6.85. The van der Waals surface area contributed by atoms with E-state index in [-0.39, 0.29) is 0 Å². The Morgan fingerprint density at radius 1 is 0.298 bits per heavy atom. The first-order valence-corrected chi connectivity index (χ1v) is 19.3. The van der Waals surface area contributed by atoms with Gasteiger partial charge in [-0.05, 0) is 72.6 Å². The number of furan rings is 1. The van der Waals surface area contributed by atoms with Crippen LogP contribution in [0.3, 0.4) is 0 Å². The highest BCUT2D eigenvalue weighted by atomic mass is 16.3. The summed E-state index contributed by atoms with van der Waals surface area (Å²) in [6, 6.07) is 66.1. The number of rotatable bonds is 5. The first-order chi connectivity index (χ1) is 28.2. The Morgan fingerprint density at radius 3 is 1.68 bits per heavy atom. The molecular formula is C53H31N3O. The number of hydrogen-bond donors (Lipinski definition) is 0. The lowest BCUT2D eigenvalue weighted by molar-refractivity contribution is 0.670. The van der Waals surface area contributed by atoms with Gasteiger partial charge in [-0.1, -0.05) is 176 Å². The first kappa shape index (κ1) is 31.6. The molecule has 1 aliphatic rings. The average molecular weight is 726 g/mol. The quantitative estimate of drug-likeness (QED) is 0.177. The van der Waals surface area contributed by atoms with Crippen molar-refractivity contribution in [3.05, 3.63) is 188 Å². The third-order valence-electron chi connectivity index (χ3n) is 11.5. The highest BCUT2D eigenvalue weighted by Crippen LogP contribution is 2.50. The van der Waals surface area contributed by atoms with Crippen LogP contribution in [0.1, 0.15) is 0 Å². The maximum absolute atomic E-state index is 6.85. The fourth-order valence-electron chi connectivity index (χ4n) is 8.81. The normalized spacial score (nSPS) is 11.9. The second-order valence-electron chi connectivity index (χ2n) is 14.7. The minimum Gasteiger partial charge on any atom is -0.455 e. The lowest BCUT2D eigenvalue weighted by Crippen LogP contribution is -2.00. The molecule has 2 aromatic heterocycles. The Hall–Kier alpha value is -7.69. The third-order valence-corrected chi connectivity index (χ3v) is 11.5. The van der Waals surface area contributed by atoms with Gasteiger partial charge in [0.05, 0.1) is 0 Å². The van der Waals surface area contributed by atoms with Crippen LogP contribution < -0.4 is 0 Å². The fourth-order valence-corrected chi connectivity index (χ4v) is 8.81. The van der Waals surface area contributed by atoms with Crippen molar-refractivity contribution < 1.29 is 4.42 Å². The van der Waals surface area contributed by atoms with Gasteiger partial charge in [-0.3, -0.25) is 0 Å². The zero-order valence-electron chi connectivity index (χ0n) is 30.6. The summed E-state index contributed by atoms with van der Waals surface area (Å²) in [6.07, 6.45) is 0. The summed E-state index contributed by atoms with van der Waals surface area (Å²) in [4.78, 5) is 15.5. The average Bonchev–Trinajstić information content (AvgIpc) is 3.84. The van der Waals surface area contributed by atoms with Gasteiger partial charge in [0.2, 0.25) is 0 Å². The van der Waals surface area contributed by atoms with Gasteiger partial charge in [-0.15, -0.1) is 0 Å². The number of aromatic nitrogens is 3. The van der Waals surface area contributed by atoms with Gasteiger partial charge < -0.3 is 4.42 Å². The topological polar surface area (TPSA) is 51.8 Å². The summed E-state index contributed by atoms with van der Waals surface area (Å²) < 4.78 is 6.85. The lowest BCUT2D eigenvalue weighted by atomic mass is 9.93. The first-order valence-electron chi connectivity index (χ1n) is 19.3. The molecule has 0 radical (unpaired) electrons. The van der Waals surface area contributed by atoms with Crippen LogP contribution in [0, 0.1) is 0 Å². The zero-order chi connectivity index (χ0) is 37.5. The Kier molecular flexibility index (Phi) is 6.89. The molecule has 1 aliphatic carbocycles. The van der Waals surface area contributed by atoms with Gasteiger partial charge >= 0.3 is 0 Å². The number of benzene rings is 9. The van der Waals surface area contributed by atoms with E-state index in [0.29, 0.717) is 17.5 Å². The highest BCUT2D eigenvalue weighted by molar-refractivity contribution is 6.21. The van der Waals surface area contributed by atoms with E-state index in [1.54, 1.807) is 0 Å². The molecule has 0 atom stereocenters. The number of hydrogen-bond acceptors (Lipinski definition) is 4. The standard InChI is InChI=1S/C53H31N3O/c1-2-11-32(12-3-1)34-23-26-35(27-24-34)51-54-52(37-28-25-33-13-4-5-14-36(33)31-37)56-53(55-51)46-21-10-22-47-49(46)45-20-9-19-44(50(45)57-47)40-29-30-43-39-16-7-6-15-38(39)41-17-8-18-42(40)48(41)43/h1-31H. The largest absolute Gasteiger partial charge is 0.455 e. The summed E-state index contributed by atoms with van der Waals surface area (Å²) >= 11 is 0. The van der Waals surface area contributed by atoms with Crippen LogP contribution in [0.25, 0.3) is 122 Å². The molecule has 0 fully saturated rings. The molecule has 0 saturated carbocycles. The molecule has 264 valence electrons. The Labute approximate surface area is 328 Å². The molecule has 0 bridgehead atoms. The summed E-state index contributed by atoms with van der Waals surface area (Å²) in [5.74, 6) is 1.83. The second kappa shape index (κ2) is 12.4. The number of para-hydroxylation sites is 1. The van der Waals surface area contributed by atoms with Gasteiger partial charge in [-0.2, -0.15) is 0 Å². The highest BCUT2D eigenvalue weighted by Gasteiger charge is 2.24. The third kappa shape index (κ3) is 4.98.